The molecular weight excluding hydrogens is 292 g/mol. The maximum absolute atomic E-state index is 11.9. The topological polar surface area (TPSA) is 78.4 Å². The van der Waals surface area contributed by atoms with E-state index in [9.17, 15) is 9.59 Å². The fraction of sp³-hybridized carbons (Fsp3) is 0.467. The van der Waals surface area contributed by atoms with Crippen LogP contribution in [0.1, 0.15) is 38.3 Å². The molecule has 3 N–H and O–H groups in total. The molecule has 0 saturated carbocycles. The van der Waals surface area contributed by atoms with Gasteiger partial charge in [0.1, 0.15) is 6.04 Å². The number of carbonyl (C=O) groups is 2. The zero-order valence-corrected chi connectivity index (χ0v) is 13.0. The van der Waals surface area contributed by atoms with Crippen molar-refractivity contribution < 1.29 is 14.7 Å². The fourth-order valence-corrected chi connectivity index (χ4v) is 2.31. The Balaban J connectivity index is 2.50. The largest absolute Gasteiger partial charge is 0.480 e. The minimum atomic E-state index is -0.941. The van der Waals surface area contributed by atoms with E-state index in [0.29, 0.717) is 11.4 Å². The molecule has 0 aliphatic rings. The third-order valence-electron chi connectivity index (χ3n) is 3.13. The van der Waals surface area contributed by atoms with Crippen molar-refractivity contribution in [1.29, 1.82) is 0 Å². The predicted octanol–water partition coefficient (Wildman–Crippen LogP) is 2.36. The summed E-state index contributed by atoms with van der Waals surface area (Å²) < 4.78 is 0. The van der Waals surface area contributed by atoms with E-state index in [4.69, 9.17) is 16.7 Å². The molecule has 0 saturated heterocycles. The summed E-state index contributed by atoms with van der Waals surface area (Å²) in [5.41, 5.74) is 0.829. The summed E-state index contributed by atoms with van der Waals surface area (Å²) in [5, 5.41) is 15.1. The first-order chi connectivity index (χ1) is 9.95. The molecule has 6 heteroatoms. The average molecular weight is 313 g/mol. The van der Waals surface area contributed by atoms with Crippen molar-refractivity contribution in [2.45, 2.75) is 38.8 Å². The summed E-state index contributed by atoms with van der Waals surface area (Å²) in [4.78, 5) is 22.8. The van der Waals surface area contributed by atoms with Crippen molar-refractivity contribution in [2.75, 3.05) is 6.54 Å². The number of rotatable bonds is 8. The number of benzene rings is 1. The monoisotopic (exact) mass is 312 g/mol. The molecule has 2 unspecified atom stereocenters. The maximum Gasteiger partial charge on any atom is 0.320 e. The zero-order chi connectivity index (χ0) is 15.8. The van der Waals surface area contributed by atoms with E-state index in [1.807, 2.05) is 32.0 Å². The predicted molar refractivity (Wildman–Crippen MR) is 82.3 cm³/mol. The summed E-state index contributed by atoms with van der Waals surface area (Å²) in [5.74, 6) is -1.20. The van der Waals surface area contributed by atoms with Crippen LogP contribution >= 0.6 is 11.6 Å². The van der Waals surface area contributed by atoms with Gasteiger partial charge in [0.2, 0.25) is 5.91 Å². The molecule has 1 rings (SSSR count). The van der Waals surface area contributed by atoms with E-state index < -0.39 is 12.0 Å². The molecule has 21 heavy (non-hydrogen) atoms. The molecule has 1 aromatic rings. The third-order valence-corrected chi connectivity index (χ3v) is 3.48. The molecule has 0 heterocycles. The highest BCUT2D eigenvalue weighted by Crippen LogP contribution is 2.21. The number of halogens is 1. The number of carboxylic acid groups (broad SMARTS) is 1. The molecule has 0 aliphatic heterocycles. The summed E-state index contributed by atoms with van der Waals surface area (Å²) in [6.07, 6.45) is 1.23. The Morgan fingerprint density at radius 3 is 2.57 bits per heavy atom. The highest BCUT2D eigenvalue weighted by atomic mass is 35.5. The van der Waals surface area contributed by atoms with Gasteiger partial charge in [-0.3, -0.25) is 14.9 Å². The van der Waals surface area contributed by atoms with Gasteiger partial charge in [0.25, 0.3) is 0 Å². The normalized spacial score (nSPS) is 13.5. The fourth-order valence-electron chi connectivity index (χ4n) is 2.01. The number of amides is 1. The van der Waals surface area contributed by atoms with Crippen LogP contribution in [0.5, 0.6) is 0 Å². The van der Waals surface area contributed by atoms with Crippen LogP contribution in [0.25, 0.3) is 0 Å². The molecule has 5 nitrogen and oxygen atoms in total. The van der Waals surface area contributed by atoms with E-state index in [0.717, 1.165) is 12.0 Å². The molecule has 116 valence electrons. The average Bonchev–Trinajstić information content (AvgIpc) is 2.43. The Morgan fingerprint density at radius 2 is 2.00 bits per heavy atom. The van der Waals surface area contributed by atoms with E-state index in [-0.39, 0.29) is 18.5 Å². The van der Waals surface area contributed by atoms with Gasteiger partial charge in [0, 0.05) is 5.02 Å². The lowest BCUT2D eigenvalue weighted by molar-refractivity contribution is -0.139. The van der Waals surface area contributed by atoms with Crippen molar-refractivity contribution in [2.24, 2.45) is 0 Å². The second-order valence-electron chi connectivity index (χ2n) is 4.87. The summed E-state index contributed by atoms with van der Waals surface area (Å²) in [7, 11) is 0. The van der Waals surface area contributed by atoms with Crippen LogP contribution in [0.2, 0.25) is 5.02 Å². The Hall–Kier alpha value is -1.59. The van der Waals surface area contributed by atoms with Gasteiger partial charge in [-0.05, 0) is 25.0 Å². The number of hydrogen-bond acceptors (Lipinski definition) is 3. The molecule has 0 bridgehead atoms. The first kappa shape index (κ1) is 17.5. The quantitative estimate of drug-likeness (QED) is 0.688. The van der Waals surface area contributed by atoms with Crippen LogP contribution in [-0.4, -0.2) is 29.6 Å². The van der Waals surface area contributed by atoms with Crippen molar-refractivity contribution in [3.05, 3.63) is 34.9 Å². The van der Waals surface area contributed by atoms with Gasteiger partial charge in [-0.2, -0.15) is 0 Å². The van der Waals surface area contributed by atoms with Gasteiger partial charge in [-0.15, -0.1) is 0 Å². The molecular formula is C15H21ClN2O3. The third kappa shape index (κ3) is 5.73. The van der Waals surface area contributed by atoms with Crippen LogP contribution in [0, 0.1) is 0 Å². The Labute approximate surface area is 129 Å². The zero-order valence-electron chi connectivity index (χ0n) is 12.2. The Kier molecular flexibility index (Phi) is 7.19. The summed E-state index contributed by atoms with van der Waals surface area (Å²) in [6.45, 7) is 3.70. The van der Waals surface area contributed by atoms with Crippen molar-refractivity contribution in [3.8, 4) is 0 Å². The van der Waals surface area contributed by atoms with Crippen LogP contribution < -0.4 is 10.6 Å². The van der Waals surface area contributed by atoms with Gasteiger partial charge in [0.05, 0.1) is 12.6 Å². The second-order valence-corrected chi connectivity index (χ2v) is 5.28. The van der Waals surface area contributed by atoms with E-state index in [2.05, 4.69) is 10.6 Å². The highest BCUT2D eigenvalue weighted by molar-refractivity contribution is 6.31. The van der Waals surface area contributed by atoms with Gasteiger partial charge in [-0.25, -0.2) is 0 Å². The second kappa shape index (κ2) is 8.64. The smallest absolute Gasteiger partial charge is 0.320 e. The number of carboxylic acids is 1. The van der Waals surface area contributed by atoms with E-state index in [1.54, 1.807) is 6.07 Å². The minimum Gasteiger partial charge on any atom is -0.480 e. The lowest BCUT2D eigenvalue weighted by atomic mass is 10.1. The lowest BCUT2D eigenvalue weighted by Crippen LogP contribution is -2.43. The van der Waals surface area contributed by atoms with Crippen molar-refractivity contribution >= 4 is 23.5 Å². The van der Waals surface area contributed by atoms with Gasteiger partial charge in [-0.1, -0.05) is 43.1 Å². The van der Waals surface area contributed by atoms with Crippen LogP contribution in [0.3, 0.4) is 0 Å². The maximum atomic E-state index is 11.9. The van der Waals surface area contributed by atoms with E-state index in [1.165, 1.54) is 0 Å². The van der Waals surface area contributed by atoms with Crippen LogP contribution in [-0.2, 0) is 9.59 Å². The standard InChI is InChI=1S/C15H21ClN2O3/c1-3-6-13(15(20)21)17-9-14(19)18-10(2)11-7-4-5-8-12(11)16/h4-5,7-8,10,13,17H,3,6,9H2,1-2H3,(H,18,19)(H,20,21). The molecule has 0 aromatic heterocycles. The summed E-state index contributed by atoms with van der Waals surface area (Å²) in [6, 6.07) is 6.35. The molecule has 2 atom stereocenters. The van der Waals surface area contributed by atoms with Gasteiger partial charge >= 0.3 is 5.97 Å². The molecule has 1 aromatic carbocycles. The summed E-state index contributed by atoms with van der Waals surface area (Å²) >= 11 is 6.07. The molecule has 0 radical (unpaired) electrons. The first-order valence-corrected chi connectivity index (χ1v) is 7.33. The number of nitrogens with one attached hydrogen (secondary N) is 2. The first-order valence-electron chi connectivity index (χ1n) is 6.95. The Bertz CT molecular complexity index is 494. The van der Waals surface area contributed by atoms with E-state index >= 15 is 0 Å². The van der Waals surface area contributed by atoms with Crippen molar-refractivity contribution in [3.63, 3.8) is 0 Å². The lowest BCUT2D eigenvalue weighted by Gasteiger charge is -2.17. The SMILES string of the molecule is CCCC(NCC(=O)NC(C)c1ccccc1Cl)C(=O)O. The molecule has 0 spiro atoms. The number of aliphatic carboxylic acids is 1. The van der Waals surface area contributed by atoms with Gasteiger partial charge < -0.3 is 10.4 Å². The molecule has 1 amide bonds. The van der Waals surface area contributed by atoms with Gasteiger partial charge in [0.15, 0.2) is 0 Å². The Morgan fingerprint density at radius 1 is 1.33 bits per heavy atom. The highest BCUT2D eigenvalue weighted by Gasteiger charge is 2.18. The number of hydrogen-bond donors (Lipinski definition) is 3. The van der Waals surface area contributed by atoms with Crippen LogP contribution in [0.15, 0.2) is 24.3 Å². The molecule has 0 fully saturated rings. The van der Waals surface area contributed by atoms with Crippen LogP contribution in [0.4, 0.5) is 0 Å². The van der Waals surface area contributed by atoms with Crippen molar-refractivity contribution in [1.82, 2.24) is 10.6 Å². The molecule has 0 aliphatic carbocycles. The number of carbonyl (C=O) groups excluding carboxylic acids is 1. The minimum absolute atomic E-state index is 0.0360.